The average molecular weight is 495 g/mol. The van der Waals surface area contributed by atoms with Crippen molar-refractivity contribution in [3.8, 4) is 11.4 Å². The van der Waals surface area contributed by atoms with E-state index in [0.29, 0.717) is 31.5 Å². The number of pyridine rings is 1. The van der Waals surface area contributed by atoms with Crippen molar-refractivity contribution >= 4 is 39.2 Å². The third kappa shape index (κ3) is 4.82. The lowest BCUT2D eigenvalue weighted by molar-refractivity contribution is 0.0705. The molecule has 0 spiro atoms. The molecule has 0 aliphatic carbocycles. The van der Waals surface area contributed by atoms with Gasteiger partial charge in [-0.15, -0.1) is 11.3 Å². The number of morpholine rings is 1. The smallest absolute Gasteiger partial charge is 0.277 e. The predicted molar refractivity (Wildman–Crippen MR) is 130 cm³/mol. The molecule has 0 atom stereocenters. The van der Waals surface area contributed by atoms with E-state index in [0.717, 1.165) is 39.6 Å². The van der Waals surface area contributed by atoms with Crippen molar-refractivity contribution in [2.24, 2.45) is 0 Å². The first-order valence-corrected chi connectivity index (χ1v) is 11.6. The van der Waals surface area contributed by atoms with Crippen molar-refractivity contribution in [1.29, 1.82) is 0 Å². The first kappa shape index (κ1) is 22.8. The number of anilines is 2. The summed E-state index contributed by atoms with van der Waals surface area (Å²) in [4.78, 5) is 48.8. The highest BCUT2D eigenvalue weighted by atomic mass is 32.1. The molecule has 1 amide bonds. The van der Waals surface area contributed by atoms with Gasteiger partial charge in [-0.2, -0.15) is 0 Å². The van der Waals surface area contributed by atoms with E-state index < -0.39 is 5.91 Å². The Bertz CT molecular complexity index is 1400. The molecule has 0 aromatic carbocycles. The van der Waals surface area contributed by atoms with Gasteiger partial charge in [0.25, 0.3) is 5.91 Å². The number of aromatic amines is 1. The van der Waals surface area contributed by atoms with Crippen molar-refractivity contribution < 1.29 is 14.7 Å². The molecule has 3 N–H and O–H groups in total. The van der Waals surface area contributed by atoms with Crippen LogP contribution in [0.1, 0.15) is 15.2 Å². The Labute approximate surface area is 203 Å². The second-order valence-corrected chi connectivity index (χ2v) is 9.04. The van der Waals surface area contributed by atoms with Gasteiger partial charge in [0.05, 0.1) is 35.5 Å². The highest BCUT2D eigenvalue weighted by Gasteiger charge is 2.21. The van der Waals surface area contributed by atoms with E-state index in [2.05, 4.69) is 19.9 Å². The van der Waals surface area contributed by atoms with Crippen LogP contribution in [-0.4, -0.2) is 69.4 Å². The Morgan fingerprint density at radius 3 is 2.71 bits per heavy atom. The maximum absolute atomic E-state index is 11.5. The van der Waals surface area contributed by atoms with Crippen LogP contribution in [-0.2, 0) is 11.3 Å². The molecule has 5 rings (SSSR count). The molecular formula is C22H22N8O4S. The predicted octanol–water partition coefficient (Wildman–Crippen LogP) is 1.43. The summed E-state index contributed by atoms with van der Waals surface area (Å²) in [6, 6.07) is 5.19. The maximum Gasteiger partial charge on any atom is 0.277 e. The van der Waals surface area contributed by atoms with Gasteiger partial charge in [-0.3, -0.25) is 14.8 Å². The third-order valence-electron chi connectivity index (χ3n) is 5.49. The van der Waals surface area contributed by atoms with Gasteiger partial charge in [-0.1, -0.05) is 0 Å². The molecule has 0 bridgehead atoms. The van der Waals surface area contributed by atoms with Crippen molar-refractivity contribution in [3.63, 3.8) is 0 Å². The van der Waals surface area contributed by atoms with Crippen LogP contribution in [0.4, 0.5) is 11.8 Å². The number of hydroxylamine groups is 1. The fraction of sp³-hybridized carbons (Fsp3) is 0.273. The van der Waals surface area contributed by atoms with E-state index in [1.165, 1.54) is 18.5 Å². The van der Waals surface area contributed by atoms with E-state index in [4.69, 9.17) is 19.9 Å². The molecule has 0 radical (unpaired) electrons. The lowest BCUT2D eigenvalue weighted by Gasteiger charge is -2.28. The molecule has 4 aromatic heterocycles. The number of rotatable bonds is 6. The van der Waals surface area contributed by atoms with Gasteiger partial charge in [0.2, 0.25) is 11.5 Å². The summed E-state index contributed by atoms with van der Waals surface area (Å²) in [5.41, 5.74) is 3.08. The molecular weight excluding hydrogens is 472 g/mol. The number of H-pyrrole nitrogens is 1. The molecule has 5 heterocycles. The average Bonchev–Trinajstić information content (AvgIpc) is 3.31. The minimum Gasteiger partial charge on any atom is -0.378 e. The first-order valence-electron chi connectivity index (χ1n) is 10.8. The van der Waals surface area contributed by atoms with Crippen LogP contribution in [0.5, 0.6) is 0 Å². The van der Waals surface area contributed by atoms with E-state index in [-0.39, 0.29) is 11.1 Å². The first-order chi connectivity index (χ1) is 17.0. The standard InChI is InChI=1S/C22H22N8O4S/c1-29(22-24-10-14(11-25-22)21(32)28-33)12-15-8-16-18(35-15)20(30-4-6-34-7-5-30)27-19(26-16)13-2-3-17(31)23-9-13/h2-3,8-11,33H,4-7,12H2,1H3,(H,23,31)(H,28,32). The number of thiophene rings is 1. The summed E-state index contributed by atoms with van der Waals surface area (Å²) in [5.74, 6) is 1.14. The molecule has 180 valence electrons. The largest absolute Gasteiger partial charge is 0.378 e. The summed E-state index contributed by atoms with van der Waals surface area (Å²) in [7, 11) is 1.85. The Morgan fingerprint density at radius 1 is 1.26 bits per heavy atom. The lowest BCUT2D eigenvalue weighted by Crippen LogP contribution is -2.36. The van der Waals surface area contributed by atoms with Crippen LogP contribution in [0.25, 0.3) is 21.6 Å². The molecule has 0 saturated carbocycles. The highest BCUT2D eigenvalue weighted by molar-refractivity contribution is 7.19. The molecule has 12 nitrogen and oxygen atoms in total. The minimum absolute atomic E-state index is 0.159. The number of amides is 1. The Kier molecular flexibility index (Phi) is 6.35. The van der Waals surface area contributed by atoms with Crippen LogP contribution in [0.2, 0.25) is 0 Å². The number of carbonyl (C=O) groups excluding carboxylic acids is 1. The zero-order chi connectivity index (χ0) is 24.4. The maximum atomic E-state index is 11.5. The van der Waals surface area contributed by atoms with Gasteiger partial charge in [0, 0.05) is 55.2 Å². The second-order valence-electron chi connectivity index (χ2n) is 7.91. The highest BCUT2D eigenvalue weighted by Crippen LogP contribution is 2.35. The summed E-state index contributed by atoms with van der Waals surface area (Å²) >= 11 is 1.60. The zero-order valence-corrected chi connectivity index (χ0v) is 19.6. The number of nitrogens with zero attached hydrogens (tertiary/aromatic N) is 6. The zero-order valence-electron chi connectivity index (χ0n) is 18.8. The number of hydrogen-bond acceptors (Lipinski definition) is 11. The van der Waals surface area contributed by atoms with Crippen LogP contribution in [0, 0.1) is 0 Å². The molecule has 4 aromatic rings. The normalized spacial score (nSPS) is 13.7. The summed E-state index contributed by atoms with van der Waals surface area (Å²) < 4.78 is 6.49. The molecule has 1 aliphatic heterocycles. The Balaban J connectivity index is 1.48. The van der Waals surface area contributed by atoms with Crippen molar-refractivity contribution in [3.05, 3.63) is 57.6 Å². The fourth-order valence-corrected chi connectivity index (χ4v) is 4.88. The van der Waals surface area contributed by atoms with Gasteiger partial charge in [-0.05, 0) is 12.1 Å². The number of ether oxygens (including phenoxy) is 1. The van der Waals surface area contributed by atoms with Gasteiger partial charge in [-0.25, -0.2) is 25.4 Å². The summed E-state index contributed by atoms with van der Waals surface area (Å²) in [6.07, 6.45) is 4.33. The number of carbonyl (C=O) groups is 1. The summed E-state index contributed by atoms with van der Waals surface area (Å²) in [5, 5.41) is 8.75. The molecule has 0 unspecified atom stereocenters. The van der Waals surface area contributed by atoms with Crippen LogP contribution >= 0.6 is 11.3 Å². The van der Waals surface area contributed by atoms with Gasteiger partial charge in [0.1, 0.15) is 0 Å². The molecule has 35 heavy (non-hydrogen) atoms. The minimum atomic E-state index is -0.670. The fourth-order valence-electron chi connectivity index (χ4n) is 3.72. The van der Waals surface area contributed by atoms with Crippen LogP contribution in [0.15, 0.2) is 41.6 Å². The molecule has 1 saturated heterocycles. The number of nitrogens with one attached hydrogen (secondary N) is 2. The van der Waals surface area contributed by atoms with Crippen molar-refractivity contribution in [2.45, 2.75) is 6.54 Å². The molecule has 1 fully saturated rings. The molecule has 13 heteroatoms. The van der Waals surface area contributed by atoms with Crippen LogP contribution < -0.4 is 20.8 Å². The van der Waals surface area contributed by atoms with Gasteiger partial charge < -0.3 is 19.5 Å². The lowest BCUT2D eigenvalue weighted by atomic mass is 10.2. The number of aromatic nitrogens is 5. The van der Waals surface area contributed by atoms with Crippen molar-refractivity contribution in [1.82, 2.24) is 30.4 Å². The van der Waals surface area contributed by atoms with Crippen LogP contribution in [0.3, 0.4) is 0 Å². The Morgan fingerprint density at radius 2 is 2.03 bits per heavy atom. The van der Waals surface area contributed by atoms with E-state index in [1.807, 2.05) is 18.0 Å². The quantitative estimate of drug-likeness (QED) is 0.265. The number of fused-ring (bicyclic) bond motifs is 1. The van der Waals surface area contributed by atoms with E-state index in [1.54, 1.807) is 29.1 Å². The second kappa shape index (κ2) is 9.74. The van der Waals surface area contributed by atoms with Crippen molar-refractivity contribution in [2.75, 3.05) is 43.2 Å². The van der Waals surface area contributed by atoms with E-state index in [9.17, 15) is 9.59 Å². The number of hydrogen-bond donors (Lipinski definition) is 3. The van der Waals surface area contributed by atoms with Gasteiger partial charge in [0.15, 0.2) is 11.6 Å². The Hall–Kier alpha value is -3.94. The SMILES string of the molecule is CN(Cc1cc2nc(-c3ccc(=O)[nH]c3)nc(N3CCOCC3)c2s1)c1ncc(C(=O)NO)cn1. The molecule has 1 aliphatic rings. The monoisotopic (exact) mass is 494 g/mol. The summed E-state index contributed by atoms with van der Waals surface area (Å²) in [6.45, 7) is 3.23. The van der Waals surface area contributed by atoms with Gasteiger partial charge >= 0.3 is 0 Å². The topological polar surface area (TPSA) is 149 Å². The van der Waals surface area contributed by atoms with E-state index >= 15 is 0 Å². The third-order valence-corrected chi connectivity index (χ3v) is 6.60.